The maximum Gasteiger partial charge on any atom is 0.205 e. The van der Waals surface area contributed by atoms with Crippen molar-refractivity contribution in [2.75, 3.05) is 36.0 Å². The topological polar surface area (TPSA) is 32.3 Å². The number of hydrogen-bond acceptors (Lipinski definition) is 5. The first-order valence-corrected chi connectivity index (χ1v) is 7.43. The van der Waals surface area contributed by atoms with E-state index in [-0.39, 0.29) is 0 Å². The van der Waals surface area contributed by atoms with E-state index in [9.17, 15) is 0 Å². The van der Waals surface area contributed by atoms with Crippen LogP contribution in [-0.4, -0.2) is 35.5 Å². The summed E-state index contributed by atoms with van der Waals surface area (Å²) in [4.78, 5) is 9.09. The van der Waals surface area contributed by atoms with Crippen LogP contribution in [-0.2, 0) is 0 Å². The van der Waals surface area contributed by atoms with Gasteiger partial charge in [-0.05, 0) is 25.1 Å². The standard InChI is InChI=1S/C13H15ClN4S/c1-10-15-13(19-16-10)18-7-5-17(6-8-18)12-4-2-3-11(14)9-12/h2-4,9H,5-8H2,1H3. The van der Waals surface area contributed by atoms with Crippen LogP contribution < -0.4 is 9.80 Å². The van der Waals surface area contributed by atoms with Gasteiger partial charge in [0.05, 0.1) is 0 Å². The minimum atomic E-state index is 0.791. The van der Waals surface area contributed by atoms with Crippen LogP contribution in [0.25, 0.3) is 0 Å². The van der Waals surface area contributed by atoms with Crippen LogP contribution in [0.1, 0.15) is 5.82 Å². The van der Waals surface area contributed by atoms with Gasteiger partial charge < -0.3 is 9.80 Å². The summed E-state index contributed by atoms with van der Waals surface area (Å²) in [5, 5.41) is 1.82. The lowest BCUT2D eigenvalue weighted by atomic mass is 10.2. The molecule has 2 aromatic rings. The number of hydrogen-bond donors (Lipinski definition) is 0. The number of nitrogens with zero attached hydrogens (tertiary/aromatic N) is 4. The maximum atomic E-state index is 6.04. The first kappa shape index (κ1) is 12.7. The summed E-state index contributed by atoms with van der Waals surface area (Å²) in [6, 6.07) is 8.03. The van der Waals surface area contributed by atoms with Crippen molar-refractivity contribution in [2.45, 2.75) is 6.92 Å². The van der Waals surface area contributed by atoms with E-state index < -0.39 is 0 Å². The zero-order valence-electron chi connectivity index (χ0n) is 10.7. The van der Waals surface area contributed by atoms with Crippen molar-refractivity contribution in [1.29, 1.82) is 0 Å². The number of halogens is 1. The van der Waals surface area contributed by atoms with E-state index in [4.69, 9.17) is 11.6 Å². The molecule has 100 valence electrons. The molecule has 4 nitrogen and oxygen atoms in total. The van der Waals surface area contributed by atoms with Crippen molar-refractivity contribution in [3.05, 3.63) is 35.1 Å². The van der Waals surface area contributed by atoms with Gasteiger partial charge in [-0.25, -0.2) is 4.98 Å². The molecule has 1 aromatic heterocycles. The summed E-state index contributed by atoms with van der Waals surface area (Å²) < 4.78 is 4.24. The number of benzene rings is 1. The Kier molecular flexibility index (Phi) is 3.57. The molecule has 0 bridgehead atoms. The van der Waals surface area contributed by atoms with E-state index in [0.29, 0.717) is 0 Å². The highest BCUT2D eigenvalue weighted by Crippen LogP contribution is 2.23. The molecule has 0 radical (unpaired) electrons. The van der Waals surface area contributed by atoms with Gasteiger partial charge in [0.15, 0.2) is 0 Å². The Morgan fingerprint density at radius 3 is 2.53 bits per heavy atom. The molecule has 0 spiro atoms. The monoisotopic (exact) mass is 294 g/mol. The van der Waals surface area contributed by atoms with Gasteiger partial charge in [0.2, 0.25) is 5.13 Å². The Balaban J connectivity index is 1.66. The lowest BCUT2D eigenvalue weighted by molar-refractivity contribution is 0.651. The van der Waals surface area contributed by atoms with E-state index in [1.807, 2.05) is 25.1 Å². The molecule has 0 atom stereocenters. The van der Waals surface area contributed by atoms with Gasteiger partial charge in [0.1, 0.15) is 5.82 Å². The number of aryl methyl sites for hydroxylation is 1. The summed E-state index contributed by atoms with van der Waals surface area (Å²) in [5.74, 6) is 0.859. The Morgan fingerprint density at radius 2 is 1.89 bits per heavy atom. The highest BCUT2D eigenvalue weighted by molar-refractivity contribution is 7.09. The molecule has 0 amide bonds. The maximum absolute atomic E-state index is 6.04. The molecule has 0 N–H and O–H groups in total. The smallest absolute Gasteiger partial charge is 0.205 e. The molecule has 1 aliphatic rings. The zero-order chi connectivity index (χ0) is 13.2. The first-order valence-electron chi connectivity index (χ1n) is 6.28. The third-order valence-corrected chi connectivity index (χ3v) is 4.34. The number of aromatic nitrogens is 2. The third-order valence-electron chi connectivity index (χ3n) is 3.24. The van der Waals surface area contributed by atoms with Crippen molar-refractivity contribution in [2.24, 2.45) is 0 Å². The average Bonchev–Trinajstić information content (AvgIpc) is 2.86. The Bertz CT molecular complexity index is 563. The minimum Gasteiger partial charge on any atom is -0.368 e. The minimum absolute atomic E-state index is 0.791. The lowest BCUT2D eigenvalue weighted by Crippen LogP contribution is -2.46. The van der Waals surface area contributed by atoms with Crippen molar-refractivity contribution in [1.82, 2.24) is 9.36 Å². The molecule has 3 rings (SSSR count). The highest BCUT2D eigenvalue weighted by Gasteiger charge is 2.19. The molecule has 0 unspecified atom stereocenters. The van der Waals surface area contributed by atoms with Crippen LogP contribution in [0.4, 0.5) is 10.8 Å². The molecule has 19 heavy (non-hydrogen) atoms. The summed E-state index contributed by atoms with van der Waals surface area (Å²) in [6.07, 6.45) is 0. The van der Waals surface area contributed by atoms with Crippen LogP contribution >= 0.6 is 23.1 Å². The summed E-state index contributed by atoms with van der Waals surface area (Å²) in [5.41, 5.74) is 1.19. The summed E-state index contributed by atoms with van der Waals surface area (Å²) in [6.45, 7) is 5.85. The predicted molar refractivity (Wildman–Crippen MR) is 80.5 cm³/mol. The fourth-order valence-corrected chi connectivity index (χ4v) is 3.15. The lowest BCUT2D eigenvalue weighted by Gasteiger charge is -2.35. The fourth-order valence-electron chi connectivity index (χ4n) is 2.24. The second-order valence-electron chi connectivity index (χ2n) is 4.58. The van der Waals surface area contributed by atoms with Gasteiger partial charge in [-0.1, -0.05) is 17.7 Å². The zero-order valence-corrected chi connectivity index (χ0v) is 12.3. The molecule has 1 aromatic carbocycles. The van der Waals surface area contributed by atoms with Gasteiger partial charge >= 0.3 is 0 Å². The fraction of sp³-hybridized carbons (Fsp3) is 0.385. The largest absolute Gasteiger partial charge is 0.368 e. The number of rotatable bonds is 2. The Hall–Kier alpha value is -1.33. The average molecular weight is 295 g/mol. The Labute approximate surface area is 121 Å². The second kappa shape index (κ2) is 5.35. The van der Waals surface area contributed by atoms with Gasteiger partial charge in [-0.2, -0.15) is 4.37 Å². The van der Waals surface area contributed by atoms with Gasteiger partial charge in [-0.3, -0.25) is 0 Å². The van der Waals surface area contributed by atoms with Crippen LogP contribution in [0.5, 0.6) is 0 Å². The molecule has 1 saturated heterocycles. The van der Waals surface area contributed by atoms with Gasteiger partial charge in [0, 0.05) is 48.4 Å². The molecule has 6 heteroatoms. The summed E-state index contributed by atoms with van der Waals surface area (Å²) >= 11 is 7.52. The molecule has 0 aliphatic carbocycles. The molecule has 1 aliphatic heterocycles. The van der Waals surface area contributed by atoms with Crippen LogP contribution in [0.3, 0.4) is 0 Å². The van der Waals surface area contributed by atoms with Crippen LogP contribution in [0, 0.1) is 6.92 Å². The van der Waals surface area contributed by atoms with Gasteiger partial charge in [0.25, 0.3) is 0 Å². The third kappa shape index (κ3) is 2.82. The number of piperazine rings is 1. The highest BCUT2D eigenvalue weighted by atomic mass is 35.5. The van der Waals surface area contributed by atoms with E-state index in [2.05, 4.69) is 25.2 Å². The second-order valence-corrected chi connectivity index (χ2v) is 5.74. The molecular weight excluding hydrogens is 280 g/mol. The van der Waals surface area contributed by atoms with Crippen LogP contribution in [0.15, 0.2) is 24.3 Å². The van der Waals surface area contributed by atoms with Crippen molar-refractivity contribution in [3.8, 4) is 0 Å². The SMILES string of the molecule is Cc1nsc(N2CCN(c3cccc(Cl)c3)CC2)n1. The summed E-state index contributed by atoms with van der Waals surface area (Å²) in [7, 11) is 0. The molecule has 2 heterocycles. The van der Waals surface area contributed by atoms with Crippen LogP contribution in [0.2, 0.25) is 5.02 Å². The van der Waals surface area contributed by atoms with E-state index >= 15 is 0 Å². The first-order chi connectivity index (χ1) is 9.22. The number of anilines is 2. The molecule has 0 saturated carbocycles. The normalized spacial score (nSPS) is 15.9. The van der Waals surface area contributed by atoms with E-state index in [1.165, 1.54) is 17.2 Å². The van der Waals surface area contributed by atoms with E-state index in [1.54, 1.807) is 0 Å². The predicted octanol–water partition coefficient (Wildman–Crippen LogP) is 2.83. The van der Waals surface area contributed by atoms with E-state index in [0.717, 1.165) is 42.2 Å². The van der Waals surface area contributed by atoms with Crippen molar-refractivity contribution in [3.63, 3.8) is 0 Å². The van der Waals surface area contributed by atoms with Crippen molar-refractivity contribution >= 4 is 34.0 Å². The quantitative estimate of drug-likeness (QED) is 0.852. The Morgan fingerprint density at radius 1 is 1.16 bits per heavy atom. The molecular formula is C13H15ClN4S. The van der Waals surface area contributed by atoms with Crippen molar-refractivity contribution < 1.29 is 0 Å². The van der Waals surface area contributed by atoms with Gasteiger partial charge in [-0.15, -0.1) is 0 Å². The molecule has 1 fully saturated rings.